The van der Waals surface area contributed by atoms with Crippen LogP contribution in [0.3, 0.4) is 0 Å². The Morgan fingerprint density at radius 3 is 2.71 bits per heavy atom. The first-order valence-corrected chi connectivity index (χ1v) is 7.56. The van der Waals surface area contributed by atoms with Gasteiger partial charge in [-0.05, 0) is 37.3 Å². The lowest BCUT2D eigenvalue weighted by atomic mass is 10.1. The Bertz CT molecular complexity index is 805. The third kappa shape index (κ3) is 4.51. The topological polar surface area (TPSA) is 69.5 Å². The van der Waals surface area contributed by atoms with Crippen LogP contribution in [0.4, 0.5) is 14.5 Å². The second kappa shape index (κ2) is 7.86. The van der Waals surface area contributed by atoms with E-state index in [-0.39, 0.29) is 23.5 Å². The normalized spacial score (nSPS) is 11.6. The molecule has 1 atom stereocenters. The summed E-state index contributed by atoms with van der Waals surface area (Å²) in [6, 6.07) is 9.52. The molecule has 2 aromatic rings. The molecule has 3 N–H and O–H groups in total. The number of nitrogens with two attached hydrogens (primary N) is 1. The van der Waals surface area contributed by atoms with Crippen LogP contribution in [-0.4, -0.2) is 12.5 Å². The van der Waals surface area contributed by atoms with E-state index >= 15 is 0 Å². The van der Waals surface area contributed by atoms with Crippen molar-refractivity contribution in [1.82, 2.24) is 0 Å². The number of nitrogens with one attached hydrogen (secondary N) is 1. The van der Waals surface area contributed by atoms with Crippen molar-refractivity contribution < 1.29 is 18.9 Å². The highest BCUT2D eigenvalue weighted by Gasteiger charge is 2.16. The lowest BCUT2D eigenvalue weighted by molar-refractivity contribution is -0.682. The van der Waals surface area contributed by atoms with Crippen molar-refractivity contribution in [3.63, 3.8) is 0 Å². The number of rotatable bonds is 5. The fraction of sp³-hybridized carbons (Fsp3) is 0.176. The third-order valence-electron chi connectivity index (χ3n) is 3.48. The summed E-state index contributed by atoms with van der Waals surface area (Å²) in [5, 5.41) is 13.3. The van der Waals surface area contributed by atoms with E-state index in [1.165, 1.54) is 24.3 Å². The molecule has 0 spiro atoms. The Hall–Kier alpha value is -2.49. The number of hydrogen-bond donors (Lipinski definition) is 2. The SMILES string of the molecule is C[C@@H]([NH2+]CC(=O)Nc1ccc(C#N)c(Cl)c1)c1ccc(F)cc1F. The Morgan fingerprint density at radius 1 is 1.33 bits per heavy atom. The molecule has 2 aromatic carbocycles. The van der Waals surface area contributed by atoms with Gasteiger partial charge in [0.1, 0.15) is 23.7 Å². The molecule has 0 aromatic heterocycles. The molecule has 24 heavy (non-hydrogen) atoms. The number of quaternary nitrogens is 1. The van der Waals surface area contributed by atoms with E-state index < -0.39 is 11.6 Å². The monoisotopic (exact) mass is 350 g/mol. The highest BCUT2D eigenvalue weighted by Crippen LogP contribution is 2.20. The lowest BCUT2D eigenvalue weighted by Crippen LogP contribution is -2.86. The van der Waals surface area contributed by atoms with Gasteiger partial charge in [-0.2, -0.15) is 5.26 Å². The predicted octanol–water partition coefficient (Wildman–Crippen LogP) is 2.75. The maximum absolute atomic E-state index is 13.7. The molecule has 0 saturated carbocycles. The first kappa shape index (κ1) is 17.9. The number of carbonyl (C=O) groups excluding carboxylic acids is 1. The summed E-state index contributed by atoms with van der Waals surface area (Å²) in [4.78, 5) is 11.9. The number of hydrogen-bond acceptors (Lipinski definition) is 2. The molecule has 0 heterocycles. The van der Waals surface area contributed by atoms with Gasteiger partial charge in [0.15, 0.2) is 6.54 Å². The minimum atomic E-state index is -0.641. The average molecular weight is 351 g/mol. The molecule has 2 rings (SSSR count). The molecule has 0 saturated heterocycles. The average Bonchev–Trinajstić information content (AvgIpc) is 2.53. The van der Waals surface area contributed by atoms with Gasteiger partial charge < -0.3 is 10.6 Å². The van der Waals surface area contributed by atoms with Crippen LogP contribution in [0, 0.1) is 23.0 Å². The van der Waals surface area contributed by atoms with E-state index in [0.29, 0.717) is 16.8 Å². The van der Waals surface area contributed by atoms with Crippen molar-refractivity contribution in [2.45, 2.75) is 13.0 Å². The fourth-order valence-corrected chi connectivity index (χ4v) is 2.40. The predicted molar refractivity (Wildman–Crippen MR) is 86.4 cm³/mol. The quantitative estimate of drug-likeness (QED) is 0.870. The van der Waals surface area contributed by atoms with Gasteiger partial charge in [-0.1, -0.05) is 11.6 Å². The van der Waals surface area contributed by atoms with Crippen molar-refractivity contribution >= 4 is 23.2 Å². The molecule has 0 aliphatic heterocycles. The summed E-state index contributed by atoms with van der Waals surface area (Å²) in [5.74, 6) is -1.58. The van der Waals surface area contributed by atoms with Crippen LogP contribution >= 0.6 is 11.6 Å². The molecule has 1 amide bonds. The maximum atomic E-state index is 13.7. The number of nitrogens with zero attached hydrogens (tertiary/aromatic N) is 1. The van der Waals surface area contributed by atoms with Crippen LogP contribution in [-0.2, 0) is 4.79 Å². The van der Waals surface area contributed by atoms with Crippen molar-refractivity contribution in [1.29, 1.82) is 5.26 Å². The van der Waals surface area contributed by atoms with Gasteiger partial charge in [0.25, 0.3) is 5.91 Å². The van der Waals surface area contributed by atoms with Gasteiger partial charge >= 0.3 is 0 Å². The van der Waals surface area contributed by atoms with Crippen LogP contribution in [0.25, 0.3) is 0 Å². The molecule has 0 aliphatic rings. The number of benzene rings is 2. The van der Waals surface area contributed by atoms with Gasteiger partial charge in [0.2, 0.25) is 0 Å². The Kier molecular flexibility index (Phi) is 5.85. The van der Waals surface area contributed by atoms with Crippen LogP contribution < -0.4 is 10.6 Å². The molecular formula is C17H15ClF2N3O+. The van der Waals surface area contributed by atoms with Gasteiger partial charge in [-0.3, -0.25) is 4.79 Å². The van der Waals surface area contributed by atoms with E-state index in [2.05, 4.69) is 5.32 Å². The molecule has 4 nitrogen and oxygen atoms in total. The smallest absolute Gasteiger partial charge is 0.279 e. The third-order valence-corrected chi connectivity index (χ3v) is 3.80. The zero-order chi connectivity index (χ0) is 17.7. The Balaban J connectivity index is 1.93. The molecule has 0 radical (unpaired) electrons. The Morgan fingerprint density at radius 2 is 2.08 bits per heavy atom. The molecular weight excluding hydrogens is 336 g/mol. The minimum absolute atomic E-state index is 0.0512. The summed E-state index contributed by atoms with van der Waals surface area (Å²) < 4.78 is 26.6. The standard InChI is InChI=1S/C17H14ClF2N3O/c1-10(14-5-3-12(19)6-16(14)20)22-9-17(24)23-13-4-2-11(8-21)15(18)7-13/h2-7,10,22H,9H2,1H3,(H,23,24)/p+1/t10-/m1/s1. The number of carbonyl (C=O) groups is 1. The summed E-state index contributed by atoms with van der Waals surface area (Å²) in [7, 11) is 0. The van der Waals surface area contributed by atoms with Crippen molar-refractivity contribution in [2.24, 2.45) is 0 Å². The molecule has 0 bridgehead atoms. The van der Waals surface area contributed by atoms with Gasteiger partial charge in [0, 0.05) is 17.3 Å². The highest BCUT2D eigenvalue weighted by atomic mass is 35.5. The number of anilines is 1. The second-order valence-corrected chi connectivity index (χ2v) is 5.66. The molecule has 0 unspecified atom stereocenters. The fourth-order valence-electron chi connectivity index (χ4n) is 2.18. The zero-order valence-corrected chi connectivity index (χ0v) is 13.6. The summed E-state index contributed by atoms with van der Waals surface area (Å²) in [5.41, 5.74) is 1.12. The maximum Gasteiger partial charge on any atom is 0.279 e. The number of halogens is 3. The molecule has 0 aliphatic carbocycles. The van der Waals surface area contributed by atoms with E-state index in [1.54, 1.807) is 18.3 Å². The van der Waals surface area contributed by atoms with Gasteiger partial charge in [0.05, 0.1) is 10.6 Å². The summed E-state index contributed by atoms with van der Waals surface area (Å²) in [6.07, 6.45) is 0. The van der Waals surface area contributed by atoms with Crippen LogP contribution in [0.2, 0.25) is 5.02 Å². The zero-order valence-electron chi connectivity index (χ0n) is 12.8. The van der Waals surface area contributed by atoms with E-state index in [1.807, 2.05) is 6.07 Å². The lowest BCUT2D eigenvalue weighted by Gasteiger charge is -2.12. The van der Waals surface area contributed by atoms with Gasteiger partial charge in [-0.25, -0.2) is 8.78 Å². The van der Waals surface area contributed by atoms with E-state index in [0.717, 1.165) is 6.07 Å². The van der Waals surface area contributed by atoms with Crippen LogP contribution in [0.1, 0.15) is 24.1 Å². The number of amides is 1. The van der Waals surface area contributed by atoms with Crippen molar-refractivity contribution in [3.05, 3.63) is 64.2 Å². The highest BCUT2D eigenvalue weighted by molar-refractivity contribution is 6.32. The first-order valence-electron chi connectivity index (χ1n) is 7.18. The summed E-state index contributed by atoms with van der Waals surface area (Å²) >= 11 is 5.90. The van der Waals surface area contributed by atoms with E-state index in [4.69, 9.17) is 16.9 Å². The van der Waals surface area contributed by atoms with Crippen molar-refractivity contribution in [2.75, 3.05) is 11.9 Å². The van der Waals surface area contributed by atoms with Crippen molar-refractivity contribution in [3.8, 4) is 6.07 Å². The molecule has 0 fully saturated rings. The summed E-state index contributed by atoms with van der Waals surface area (Å²) in [6.45, 7) is 1.78. The Labute approximate surface area is 143 Å². The van der Waals surface area contributed by atoms with Crippen LogP contribution in [0.15, 0.2) is 36.4 Å². The molecule has 124 valence electrons. The largest absolute Gasteiger partial charge is 0.332 e. The minimum Gasteiger partial charge on any atom is -0.332 e. The first-order chi connectivity index (χ1) is 11.4. The number of nitriles is 1. The van der Waals surface area contributed by atoms with Crippen LogP contribution in [0.5, 0.6) is 0 Å². The second-order valence-electron chi connectivity index (χ2n) is 5.25. The molecule has 7 heteroatoms. The van der Waals surface area contributed by atoms with Gasteiger partial charge in [-0.15, -0.1) is 0 Å². The van der Waals surface area contributed by atoms with E-state index in [9.17, 15) is 13.6 Å².